The van der Waals surface area contributed by atoms with E-state index in [-0.39, 0.29) is 11.2 Å². The topological polar surface area (TPSA) is 60.9 Å². The summed E-state index contributed by atoms with van der Waals surface area (Å²) in [5, 5.41) is 4.47. The molecule has 0 amide bonds. The standard InChI is InChI=1S/C16H21N3O/c1-4-5-8-19-16(20)14(17)10-15(18-19)13-9-11(2)6-7-12(13)3/h6-7,9-10H,4-5,8,17H2,1-3H3. The molecular formula is C16H21N3O. The lowest BCUT2D eigenvalue weighted by Gasteiger charge is -2.11. The molecule has 2 N–H and O–H groups in total. The van der Waals surface area contributed by atoms with E-state index in [9.17, 15) is 4.79 Å². The predicted octanol–water partition coefficient (Wildman–Crippen LogP) is 2.91. The van der Waals surface area contributed by atoms with Crippen LogP contribution in [0.5, 0.6) is 0 Å². The third-order valence-corrected chi connectivity index (χ3v) is 3.39. The lowest BCUT2D eigenvalue weighted by molar-refractivity contribution is 0.546. The van der Waals surface area contributed by atoms with Crippen LogP contribution in [0.4, 0.5) is 5.69 Å². The Kier molecular flexibility index (Phi) is 4.23. The van der Waals surface area contributed by atoms with Crippen LogP contribution in [-0.2, 0) is 6.54 Å². The number of benzene rings is 1. The molecule has 0 aliphatic carbocycles. The fourth-order valence-electron chi connectivity index (χ4n) is 2.17. The zero-order chi connectivity index (χ0) is 14.7. The molecule has 106 valence electrons. The molecule has 0 radical (unpaired) electrons. The molecule has 1 heterocycles. The van der Waals surface area contributed by atoms with Gasteiger partial charge in [-0.3, -0.25) is 4.79 Å². The normalized spacial score (nSPS) is 10.8. The van der Waals surface area contributed by atoms with Gasteiger partial charge in [-0.15, -0.1) is 0 Å². The molecule has 1 aromatic carbocycles. The van der Waals surface area contributed by atoms with E-state index in [1.165, 1.54) is 4.68 Å². The molecule has 1 aromatic heterocycles. The fourth-order valence-corrected chi connectivity index (χ4v) is 2.17. The second kappa shape index (κ2) is 5.90. The second-order valence-electron chi connectivity index (χ2n) is 5.19. The SMILES string of the molecule is CCCCn1nc(-c2cc(C)ccc2C)cc(N)c1=O. The summed E-state index contributed by atoms with van der Waals surface area (Å²) in [6.07, 6.45) is 1.93. The first kappa shape index (κ1) is 14.3. The first-order valence-electron chi connectivity index (χ1n) is 6.98. The van der Waals surface area contributed by atoms with Gasteiger partial charge in [-0.25, -0.2) is 4.68 Å². The van der Waals surface area contributed by atoms with Crippen molar-refractivity contribution in [3.8, 4) is 11.3 Å². The number of nitrogens with two attached hydrogens (primary N) is 1. The van der Waals surface area contributed by atoms with Crippen molar-refractivity contribution in [2.24, 2.45) is 0 Å². The Morgan fingerprint density at radius 2 is 2.00 bits per heavy atom. The lowest BCUT2D eigenvalue weighted by Crippen LogP contribution is -2.26. The minimum Gasteiger partial charge on any atom is -0.394 e. The van der Waals surface area contributed by atoms with Crippen molar-refractivity contribution in [1.29, 1.82) is 0 Å². The van der Waals surface area contributed by atoms with E-state index in [2.05, 4.69) is 30.2 Å². The van der Waals surface area contributed by atoms with Gasteiger partial charge in [0.25, 0.3) is 5.56 Å². The molecule has 4 heteroatoms. The summed E-state index contributed by atoms with van der Waals surface area (Å²) < 4.78 is 1.48. The van der Waals surface area contributed by atoms with E-state index >= 15 is 0 Å². The highest BCUT2D eigenvalue weighted by Gasteiger charge is 2.09. The first-order chi connectivity index (χ1) is 9.52. The molecule has 0 aliphatic rings. The number of hydrogen-bond donors (Lipinski definition) is 1. The zero-order valence-corrected chi connectivity index (χ0v) is 12.3. The summed E-state index contributed by atoms with van der Waals surface area (Å²) in [6.45, 7) is 6.77. The van der Waals surface area contributed by atoms with Gasteiger partial charge in [-0.2, -0.15) is 5.10 Å². The van der Waals surface area contributed by atoms with Crippen LogP contribution in [0.3, 0.4) is 0 Å². The molecule has 0 saturated heterocycles. The van der Waals surface area contributed by atoms with Crippen LogP contribution < -0.4 is 11.3 Å². The van der Waals surface area contributed by atoms with Gasteiger partial charge in [-0.05, 0) is 38.0 Å². The molecule has 0 spiro atoms. The van der Waals surface area contributed by atoms with Gasteiger partial charge in [0, 0.05) is 12.1 Å². The number of anilines is 1. The maximum Gasteiger partial charge on any atom is 0.289 e. The van der Waals surface area contributed by atoms with E-state index in [1.54, 1.807) is 6.07 Å². The van der Waals surface area contributed by atoms with Gasteiger partial charge < -0.3 is 5.73 Å². The van der Waals surface area contributed by atoms with Gasteiger partial charge in [0.05, 0.1) is 5.69 Å². The molecule has 2 aromatic rings. The highest BCUT2D eigenvalue weighted by atomic mass is 16.1. The Bertz CT molecular complexity index is 674. The third-order valence-electron chi connectivity index (χ3n) is 3.39. The number of nitrogens with zero attached hydrogens (tertiary/aromatic N) is 2. The molecule has 20 heavy (non-hydrogen) atoms. The van der Waals surface area contributed by atoms with Gasteiger partial charge in [0.15, 0.2) is 0 Å². The predicted molar refractivity (Wildman–Crippen MR) is 82.7 cm³/mol. The van der Waals surface area contributed by atoms with Gasteiger partial charge in [-0.1, -0.05) is 31.0 Å². The number of rotatable bonds is 4. The average molecular weight is 271 g/mol. The summed E-state index contributed by atoms with van der Waals surface area (Å²) in [5.74, 6) is 0. The summed E-state index contributed by atoms with van der Waals surface area (Å²) in [6, 6.07) is 7.87. The number of aryl methyl sites for hydroxylation is 3. The molecule has 0 saturated carbocycles. The second-order valence-corrected chi connectivity index (χ2v) is 5.19. The molecule has 0 fully saturated rings. The molecule has 4 nitrogen and oxygen atoms in total. The Hall–Kier alpha value is -2.10. The molecule has 0 bridgehead atoms. The highest BCUT2D eigenvalue weighted by molar-refractivity contribution is 5.66. The average Bonchev–Trinajstić information content (AvgIpc) is 2.43. The van der Waals surface area contributed by atoms with Crippen LogP contribution in [-0.4, -0.2) is 9.78 Å². The van der Waals surface area contributed by atoms with Gasteiger partial charge in [0.2, 0.25) is 0 Å². The quantitative estimate of drug-likeness (QED) is 0.930. The van der Waals surface area contributed by atoms with E-state index < -0.39 is 0 Å². The van der Waals surface area contributed by atoms with E-state index in [0.29, 0.717) is 6.54 Å². The summed E-state index contributed by atoms with van der Waals surface area (Å²) >= 11 is 0. The Morgan fingerprint density at radius 1 is 1.25 bits per heavy atom. The van der Waals surface area contributed by atoms with Crippen molar-refractivity contribution < 1.29 is 0 Å². The first-order valence-corrected chi connectivity index (χ1v) is 6.98. The Labute approximate surface area is 119 Å². The van der Waals surface area contributed by atoms with Crippen LogP contribution in [0.1, 0.15) is 30.9 Å². The van der Waals surface area contributed by atoms with E-state index in [1.807, 2.05) is 13.8 Å². The summed E-state index contributed by atoms with van der Waals surface area (Å²) in [4.78, 5) is 12.0. The van der Waals surface area contributed by atoms with Crippen LogP contribution in [0, 0.1) is 13.8 Å². The van der Waals surface area contributed by atoms with Crippen molar-refractivity contribution in [2.75, 3.05) is 5.73 Å². The molecule has 2 rings (SSSR count). The molecular weight excluding hydrogens is 250 g/mol. The maximum absolute atomic E-state index is 12.0. The number of hydrogen-bond acceptors (Lipinski definition) is 3. The monoisotopic (exact) mass is 271 g/mol. The van der Waals surface area contributed by atoms with Crippen LogP contribution in [0.15, 0.2) is 29.1 Å². The van der Waals surface area contributed by atoms with Crippen molar-refractivity contribution in [3.63, 3.8) is 0 Å². The molecule has 0 atom stereocenters. The smallest absolute Gasteiger partial charge is 0.289 e. The maximum atomic E-state index is 12.0. The van der Waals surface area contributed by atoms with Crippen LogP contribution >= 0.6 is 0 Å². The summed E-state index contributed by atoms with van der Waals surface area (Å²) in [7, 11) is 0. The van der Waals surface area contributed by atoms with Crippen molar-refractivity contribution >= 4 is 5.69 Å². The number of nitrogen functional groups attached to an aromatic ring is 1. The Morgan fingerprint density at radius 3 is 2.70 bits per heavy atom. The third kappa shape index (κ3) is 2.90. The van der Waals surface area contributed by atoms with Crippen molar-refractivity contribution in [2.45, 2.75) is 40.2 Å². The number of aromatic nitrogens is 2. The largest absolute Gasteiger partial charge is 0.394 e. The Balaban J connectivity index is 2.54. The van der Waals surface area contributed by atoms with Crippen molar-refractivity contribution in [1.82, 2.24) is 9.78 Å². The van der Waals surface area contributed by atoms with E-state index in [4.69, 9.17) is 5.73 Å². The van der Waals surface area contributed by atoms with Gasteiger partial charge in [0.1, 0.15) is 5.69 Å². The minimum absolute atomic E-state index is 0.201. The molecule has 0 aliphatic heterocycles. The fraction of sp³-hybridized carbons (Fsp3) is 0.375. The van der Waals surface area contributed by atoms with Gasteiger partial charge >= 0.3 is 0 Å². The number of unbranched alkanes of at least 4 members (excludes halogenated alkanes) is 1. The highest BCUT2D eigenvalue weighted by Crippen LogP contribution is 2.23. The zero-order valence-electron chi connectivity index (χ0n) is 12.3. The van der Waals surface area contributed by atoms with Crippen LogP contribution in [0.25, 0.3) is 11.3 Å². The lowest BCUT2D eigenvalue weighted by atomic mass is 10.0. The van der Waals surface area contributed by atoms with Crippen molar-refractivity contribution in [3.05, 3.63) is 45.7 Å². The molecule has 0 unspecified atom stereocenters. The summed E-state index contributed by atoms with van der Waals surface area (Å²) in [5.41, 5.74) is 9.99. The minimum atomic E-state index is -0.201. The van der Waals surface area contributed by atoms with E-state index in [0.717, 1.165) is 35.2 Å². The van der Waals surface area contributed by atoms with Crippen LogP contribution in [0.2, 0.25) is 0 Å².